The lowest BCUT2D eigenvalue weighted by molar-refractivity contribution is -0.117. The highest BCUT2D eigenvalue weighted by atomic mass is 32.1. The lowest BCUT2D eigenvalue weighted by atomic mass is 9.86. The van der Waals surface area contributed by atoms with Gasteiger partial charge in [-0.25, -0.2) is 4.98 Å². The molecule has 6 heteroatoms. The number of nitrogens with one attached hydrogen (secondary N) is 2. The van der Waals surface area contributed by atoms with E-state index in [0.29, 0.717) is 10.7 Å². The van der Waals surface area contributed by atoms with E-state index in [2.05, 4.69) is 36.4 Å². The van der Waals surface area contributed by atoms with E-state index in [0.717, 1.165) is 5.56 Å². The first kappa shape index (κ1) is 17.1. The van der Waals surface area contributed by atoms with E-state index in [1.54, 1.807) is 30.6 Å². The molecule has 122 valence electrons. The molecule has 2 N–H and O–H groups in total. The molecule has 1 aromatic carbocycles. The first-order valence-corrected chi connectivity index (χ1v) is 8.27. The number of thiazole rings is 1. The van der Waals surface area contributed by atoms with Gasteiger partial charge in [0.05, 0.1) is 0 Å². The summed E-state index contributed by atoms with van der Waals surface area (Å²) in [6.45, 7) is 8.00. The van der Waals surface area contributed by atoms with E-state index in [1.807, 2.05) is 12.1 Å². The largest absolute Gasteiger partial charge is 0.341 e. The predicted molar refractivity (Wildman–Crippen MR) is 92.8 cm³/mol. The number of amides is 2. The number of aromatic nitrogens is 1. The summed E-state index contributed by atoms with van der Waals surface area (Å²) in [6.07, 6.45) is 1.61. The van der Waals surface area contributed by atoms with Gasteiger partial charge in [-0.3, -0.25) is 9.59 Å². The number of benzene rings is 1. The Kier molecular flexibility index (Phi) is 5.15. The van der Waals surface area contributed by atoms with Crippen LogP contribution in [0.5, 0.6) is 0 Å². The fraction of sp³-hybridized carbons (Fsp3) is 0.353. The fourth-order valence-electron chi connectivity index (χ4n) is 1.97. The summed E-state index contributed by atoms with van der Waals surface area (Å²) in [7, 11) is 0. The van der Waals surface area contributed by atoms with Crippen LogP contribution < -0.4 is 10.6 Å². The molecule has 2 aromatic rings. The van der Waals surface area contributed by atoms with Crippen LogP contribution in [-0.2, 0) is 10.2 Å². The van der Waals surface area contributed by atoms with Gasteiger partial charge < -0.3 is 10.6 Å². The van der Waals surface area contributed by atoms with Gasteiger partial charge in [-0.2, -0.15) is 0 Å². The van der Waals surface area contributed by atoms with E-state index in [9.17, 15) is 9.59 Å². The molecule has 2 amide bonds. The number of nitrogens with zero attached hydrogens (tertiary/aromatic N) is 1. The zero-order chi connectivity index (χ0) is 17.0. The average Bonchev–Trinajstić information content (AvgIpc) is 2.99. The topological polar surface area (TPSA) is 71.1 Å². The molecule has 0 spiro atoms. The van der Waals surface area contributed by atoms with E-state index < -0.39 is 6.04 Å². The molecule has 1 aromatic heterocycles. The molecule has 0 fully saturated rings. The molecule has 1 heterocycles. The maximum absolute atomic E-state index is 12.2. The van der Waals surface area contributed by atoms with Crippen LogP contribution in [0.25, 0.3) is 0 Å². The molecular formula is C17H21N3O2S. The van der Waals surface area contributed by atoms with E-state index in [4.69, 9.17) is 0 Å². The average molecular weight is 331 g/mol. The standard InChI is InChI=1S/C17H21N3O2S/c1-11(14(21)20-16-18-9-10-23-16)19-15(22)12-5-7-13(8-6-12)17(2,3)4/h5-11H,1-4H3,(H,19,22)(H,18,20,21). The van der Waals surface area contributed by atoms with Gasteiger partial charge in [0.25, 0.3) is 5.91 Å². The quantitative estimate of drug-likeness (QED) is 0.904. The van der Waals surface area contributed by atoms with Crippen molar-refractivity contribution in [2.45, 2.75) is 39.2 Å². The van der Waals surface area contributed by atoms with Gasteiger partial charge in [0.2, 0.25) is 5.91 Å². The van der Waals surface area contributed by atoms with Gasteiger partial charge in [-0.1, -0.05) is 32.9 Å². The molecule has 0 aliphatic heterocycles. The van der Waals surface area contributed by atoms with Crippen LogP contribution in [0, 0.1) is 0 Å². The van der Waals surface area contributed by atoms with Crippen molar-refractivity contribution in [1.82, 2.24) is 10.3 Å². The Morgan fingerprint density at radius 3 is 2.35 bits per heavy atom. The molecule has 23 heavy (non-hydrogen) atoms. The molecule has 0 saturated carbocycles. The minimum atomic E-state index is -0.645. The van der Waals surface area contributed by atoms with Gasteiger partial charge in [0, 0.05) is 17.1 Å². The van der Waals surface area contributed by atoms with Crippen molar-refractivity contribution in [2.24, 2.45) is 0 Å². The van der Waals surface area contributed by atoms with Crippen LogP contribution >= 0.6 is 11.3 Å². The summed E-state index contributed by atoms with van der Waals surface area (Å²) in [5.74, 6) is -0.563. The predicted octanol–water partition coefficient (Wildman–Crippen LogP) is 3.20. The Morgan fingerprint density at radius 1 is 1.17 bits per heavy atom. The summed E-state index contributed by atoms with van der Waals surface area (Å²) in [6, 6.07) is 6.79. The molecule has 5 nitrogen and oxygen atoms in total. The van der Waals surface area contributed by atoms with Gasteiger partial charge in [0.1, 0.15) is 6.04 Å². The van der Waals surface area contributed by atoms with Crippen molar-refractivity contribution >= 4 is 28.3 Å². The van der Waals surface area contributed by atoms with Crippen molar-refractivity contribution in [2.75, 3.05) is 5.32 Å². The van der Waals surface area contributed by atoms with Gasteiger partial charge >= 0.3 is 0 Å². The minimum Gasteiger partial charge on any atom is -0.341 e. The third-order valence-corrected chi connectivity index (χ3v) is 4.10. The van der Waals surface area contributed by atoms with Crippen LogP contribution in [0.4, 0.5) is 5.13 Å². The Bertz CT molecular complexity index is 673. The van der Waals surface area contributed by atoms with Gasteiger partial charge in [-0.15, -0.1) is 11.3 Å². The van der Waals surface area contributed by atoms with Crippen LogP contribution in [-0.4, -0.2) is 22.8 Å². The van der Waals surface area contributed by atoms with E-state index in [-0.39, 0.29) is 17.2 Å². The second-order valence-electron chi connectivity index (χ2n) is 6.35. The number of carbonyl (C=O) groups excluding carboxylic acids is 2. The number of carbonyl (C=O) groups is 2. The summed E-state index contributed by atoms with van der Waals surface area (Å²) in [5.41, 5.74) is 1.73. The molecule has 0 radical (unpaired) electrons. The normalized spacial score (nSPS) is 12.5. The maximum Gasteiger partial charge on any atom is 0.251 e. The van der Waals surface area contributed by atoms with Crippen molar-refractivity contribution in [1.29, 1.82) is 0 Å². The summed E-state index contributed by atoms with van der Waals surface area (Å²) >= 11 is 1.33. The zero-order valence-corrected chi connectivity index (χ0v) is 14.5. The molecule has 1 atom stereocenters. The monoisotopic (exact) mass is 331 g/mol. The number of hydrogen-bond acceptors (Lipinski definition) is 4. The summed E-state index contributed by atoms with van der Waals surface area (Å²) < 4.78 is 0. The third-order valence-electron chi connectivity index (χ3n) is 3.42. The number of anilines is 1. The van der Waals surface area contributed by atoms with Crippen LogP contribution in [0.2, 0.25) is 0 Å². The maximum atomic E-state index is 12.2. The molecule has 1 unspecified atom stereocenters. The minimum absolute atomic E-state index is 0.0376. The van der Waals surface area contributed by atoms with Crippen molar-refractivity contribution in [3.05, 3.63) is 47.0 Å². The van der Waals surface area contributed by atoms with E-state index >= 15 is 0 Å². The van der Waals surface area contributed by atoms with Crippen molar-refractivity contribution < 1.29 is 9.59 Å². The molecule has 0 bridgehead atoms. The second-order valence-corrected chi connectivity index (χ2v) is 7.24. The second kappa shape index (κ2) is 6.91. The van der Waals surface area contributed by atoms with Gasteiger partial charge in [-0.05, 0) is 30.0 Å². The fourth-order valence-corrected chi connectivity index (χ4v) is 2.50. The summed E-state index contributed by atoms with van der Waals surface area (Å²) in [5, 5.41) is 7.65. The highest BCUT2D eigenvalue weighted by Gasteiger charge is 2.18. The third kappa shape index (κ3) is 4.63. The molecule has 0 aliphatic rings. The summed E-state index contributed by atoms with van der Waals surface area (Å²) in [4.78, 5) is 28.2. The molecular weight excluding hydrogens is 310 g/mol. The van der Waals surface area contributed by atoms with Crippen molar-refractivity contribution in [3.63, 3.8) is 0 Å². The molecule has 2 rings (SSSR count). The van der Waals surface area contributed by atoms with Crippen molar-refractivity contribution in [3.8, 4) is 0 Å². The Hall–Kier alpha value is -2.21. The van der Waals surface area contributed by atoms with Gasteiger partial charge in [0.15, 0.2) is 5.13 Å². The first-order valence-electron chi connectivity index (χ1n) is 7.39. The number of hydrogen-bond donors (Lipinski definition) is 2. The van der Waals surface area contributed by atoms with Crippen LogP contribution in [0.1, 0.15) is 43.6 Å². The van der Waals surface area contributed by atoms with Crippen LogP contribution in [0.3, 0.4) is 0 Å². The SMILES string of the molecule is CC(NC(=O)c1ccc(C(C)(C)C)cc1)C(=O)Nc1nccs1. The molecule has 0 aliphatic carbocycles. The van der Waals surface area contributed by atoms with E-state index in [1.165, 1.54) is 11.3 Å². The highest BCUT2D eigenvalue weighted by molar-refractivity contribution is 7.13. The lowest BCUT2D eigenvalue weighted by Crippen LogP contribution is -2.41. The Labute approximate surface area is 140 Å². The Balaban J connectivity index is 1.96. The highest BCUT2D eigenvalue weighted by Crippen LogP contribution is 2.22. The smallest absolute Gasteiger partial charge is 0.251 e. The zero-order valence-electron chi connectivity index (χ0n) is 13.7. The van der Waals surface area contributed by atoms with Crippen LogP contribution in [0.15, 0.2) is 35.8 Å². The molecule has 0 saturated heterocycles. The lowest BCUT2D eigenvalue weighted by Gasteiger charge is -2.19. The first-order chi connectivity index (χ1) is 10.8. The number of rotatable bonds is 4. The Morgan fingerprint density at radius 2 is 1.83 bits per heavy atom.